The van der Waals surface area contributed by atoms with E-state index in [1.165, 1.54) is 0 Å². The fourth-order valence-electron chi connectivity index (χ4n) is 2.97. The minimum Gasteiger partial charge on any atom is -0.490 e. The first-order chi connectivity index (χ1) is 16.5. The highest BCUT2D eigenvalue weighted by Gasteiger charge is 2.11. The van der Waals surface area contributed by atoms with Crippen molar-refractivity contribution in [2.75, 3.05) is 13.2 Å². The molecule has 0 aromatic heterocycles. The molecule has 6 nitrogen and oxygen atoms in total. The van der Waals surface area contributed by atoms with Crippen LogP contribution in [0.15, 0.2) is 70.2 Å². The van der Waals surface area contributed by atoms with E-state index >= 15 is 0 Å². The maximum absolute atomic E-state index is 12.6. The van der Waals surface area contributed by atoms with Gasteiger partial charge in [0.1, 0.15) is 12.4 Å². The van der Waals surface area contributed by atoms with Crippen LogP contribution in [0.4, 0.5) is 0 Å². The number of carbonyl (C=O) groups is 1. The van der Waals surface area contributed by atoms with Gasteiger partial charge in [-0.1, -0.05) is 46.6 Å². The monoisotopic (exact) mass is 544 g/mol. The second kappa shape index (κ2) is 13.0. The topological polar surface area (TPSA) is 69.2 Å². The van der Waals surface area contributed by atoms with Crippen molar-refractivity contribution in [1.82, 2.24) is 5.43 Å². The average Bonchev–Trinajstić information content (AvgIpc) is 2.84. The third-order valence-electron chi connectivity index (χ3n) is 4.62. The van der Waals surface area contributed by atoms with E-state index in [1.807, 2.05) is 56.3 Å². The van der Waals surface area contributed by atoms with Crippen LogP contribution in [0.25, 0.3) is 0 Å². The van der Waals surface area contributed by atoms with Gasteiger partial charge in [-0.3, -0.25) is 4.79 Å². The second-order valence-corrected chi connectivity index (χ2v) is 8.59. The number of halogens is 2. The van der Waals surface area contributed by atoms with Gasteiger partial charge in [-0.05, 0) is 67.4 Å². The van der Waals surface area contributed by atoms with Crippen molar-refractivity contribution in [3.05, 3.63) is 86.8 Å². The van der Waals surface area contributed by atoms with E-state index < -0.39 is 0 Å². The molecule has 0 aliphatic heterocycles. The maximum atomic E-state index is 12.6. The minimum atomic E-state index is -0.363. The molecule has 0 spiro atoms. The summed E-state index contributed by atoms with van der Waals surface area (Å²) in [5, 5.41) is 4.79. The molecule has 8 heteroatoms. The van der Waals surface area contributed by atoms with Crippen molar-refractivity contribution in [1.29, 1.82) is 0 Å². The number of nitrogens with zero attached hydrogens (tertiary/aromatic N) is 1. The molecule has 0 heterocycles. The first kappa shape index (κ1) is 25.6. The molecule has 0 bridgehead atoms. The average molecular weight is 546 g/mol. The van der Waals surface area contributed by atoms with E-state index in [0.717, 1.165) is 16.5 Å². The molecule has 0 aliphatic rings. The highest BCUT2D eigenvalue weighted by molar-refractivity contribution is 9.10. The Hall–Kier alpha value is -3.03. The summed E-state index contributed by atoms with van der Waals surface area (Å²) < 4.78 is 18.1. The van der Waals surface area contributed by atoms with Crippen LogP contribution in [0.1, 0.15) is 41.8 Å². The molecule has 3 rings (SSSR count). The number of carbonyl (C=O) groups excluding carboxylic acids is 1. The molecule has 0 atom stereocenters. The van der Waals surface area contributed by atoms with Gasteiger partial charge >= 0.3 is 0 Å². The Morgan fingerprint density at radius 2 is 1.74 bits per heavy atom. The molecule has 178 valence electrons. The van der Waals surface area contributed by atoms with Crippen LogP contribution in [-0.4, -0.2) is 25.3 Å². The van der Waals surface area contributed by atoms with Gasteiger partial charge in [-0.15, -0.1) is 0 Å². The summed E-state index contributed by atoms with van der Waals surface area (Å²) in [6, 6.07) is 18.1. The highest BCUT2D eigenvalue weighted by Crippen LogP contribution is 2.29. The van der Waals surface area contributed by atoms with Gasteiger partial charge in [0.25, 0.3) is 5.91 Å². The van der Waals surface area contributed by atoms with E-state index in [2.05, 4.69) is 26.5 Å². The van der Waals surface area contributed by atoms with Crippen LogP contribution in [0.3, 0.4) is 0 Å². The fourth-order valence-corrected chi connectivity index (χ4v) is 3.47. The zero-order chi connectivity index (χ0) is 24.3. The largest absolute Gasteiger partial charge is 0.490 e. The molecule has 0 aliphatic carbocycles. The van der Waals surface area contributed by atoms with E-state index in [-0.39, 0.29) is 5.91 Å². The molecule has 1 N–H and O–H groups in total. The number of hydrazone groups is 1. The summed E-state index contributed by atoms with van der Waals surface area (Å²) in [6.45, 7) is 5.32. The molecule has 0 unspecified atom stereocenters. The quantitative estimate of drug-likeness (QED) is 0.217. The number of hydrogen-bond donors (Lipinski definition) is 1. The summed E-state index contributed by atoms with van der Waals surface area (Å²) in [6.07, 6.45) is 2.42. The number of amides is 1. The molecular weight excluding hydrogens is 520 g/mol. The van der Waals surface area contributed by atoms with Crippen molar-refractivity contribution in [2.24, 2.45) is 5.10 Å². The summed E-state index contributed by atoms with van der Waals surface area (Å²) in [5.74, 6) is 1.41. The molecule has 0 saturated heterocycles. The number of hydrogen-bond acceptors (Lipinski definition) is 5. The van der Waals surface area contributed by atoms with E-state index in [9.17, 15) is 4.79 Å². The summed E-state index contributed by atoms with van der Waals surface area (Å²) in [7, 11) is 0. The van der Waals surface area contributed by atoms with Crippen molar-refractivity contribution >= 4 is 39.7 Å². The molecule has 3 aromatic rings. The third kappa shape index (κ3) is 7.50. The second-order valence-electron chi connectivity index (χ2n) is 7.24. The van der Waals surface area contributed by atoms with E-state index in [4.69, 9.17) is 25.8 Å². The summed E-state index contributed by atoms with van der Waals surface area (Å²) in [5.41, 5.74) is 4.67. The van der Waals surface area contributed by atoms with Crippen molar-refractivity contribution in [2.45, 2.75) is 26.9 Å². The number of benzene rings is 3. The Morgan fingerprint density at radius 3 is 2.47 bits per heavy atom. The first-order valence-electron chi connectivity index (χ1n) is 10.9. The van der Waals surface area contributed by atoms with Crippen LogP contribution < -0.4 is 19.6 Å². The summed E-state index contributed by atoms with van der Waals surface area (Å²) in [4.78, 5) is 12.6. The van der Waals surface area contributed by atoms with E-state index in [0.29, 0.717) is 53.2 Å². The number of ether oxygens (including phenoxy) is 3. The normalized spacial score (nSPS) is 10.8. The maximum Gasteiger partial charge on any atom is 0.271 e. The Bertz CT molecular complexity index is 1140. The standard InChI is InChI=1S/C26H26BrClN2O4/c1-3-13-33-24-11-7-19(15-25(24)32-4-2)26(31)30-29-16-20-14-21(27)8-12-23(20)34-17-18-5-9-22(28)10-6-18/h5-12,14-16H,3-4,13,17H2,1-2H3,(H,30,31)/b29-16+. The molecule has 3 aromatic carbocycles. The molecule has 0 fully saturated rings. The Morgan fingerprint density at radius 1 is 0.971 bits per heavy atom. The van der Waals surface area contributed by atoms with Gasteiger partial charge in [0.15, 0.2) is 11.5 Å². The van der Waals surface area contributed by atoms with Crippen LogP contribution in [-0.2, 0) is 6.61 Å². The zero-order valence-corrected chi connectivity index (χ0v) is 21.4. The lowest BCUT2D eigenvalue weighted by Crippen LogP contribution is -2.18. The zero-order valence-electron chi connectivity index (χ0n) is 19.0. The Labute approximate surface area is 213 Å². The van der Waals surface area contributed by atoms with Crippen LogP contribution in [0.5, 0.6) is 17.2 Å². The van der Waals surface area contributed by atoms with Gasteiger partial charge in [0, 0.05) is 20.6 Å². The number of nitrogens with one attached hydrogen (secondary N) is 1. The number of rotatable bonds is 11. The van der Waals surface area contributed by atoms with Gasteiger partial charge in [0.2, 0.25) is 0 Å². The Kier molecular flexibility index (Phi) is 9.79. The molecular formula is C26H26BrClN2O4. The highest BCUT2D eigenvalue weighted by atomic mass is 79.9. The van der Waals surface area contributed by atoms with Crippen molar-refractivity contribution in [3.63, 3.8) is 0 Å². The SMILES string of the molecule is CCCOc1ccc(C(=O)N/N=C/c2cc(Br)ccc2OCc2ccc(Cl)cc2)cc1OCC. The predicted molar refractivity (Wildman–Crippen MR) is 138 cm³/mol. The van der Waals surface area contributed by atoms with Crippen molar-refractivity contribution < 1.29 is 19.0 Å². The molecule has 34 heavy (non-hydrogen) atoms. The van der Waals surface area contributed by atoms with Gasteiger partial charge < -0.3 is 14.2 Å². The van der Waals surface area contributed by atoms with Gasteiger partial charge in [-0.2, -0.15) is 5.10 Å². The first-order valence-corrected chi connectivity index (χ1v) is 12.1. The summed E-state index contributed by atoms with van der Waals surface area (Å²) >= 11 is 9.40. The molecule has 0 radical (unpaired) electrons. The molecule has 0 saturated carbocycles. The van der Waals surface area contributed by atoms with E-state index in [1.54, 1.807) is 24.4 Å². The smallest absolute Gasteiger partial charge is 0.271 e. The third-order valence-corrected chi connectivity index (χ3v) is 5.36. The lowest BCUT2D eigenvalue weighted by atomic mass is 10.2. The Balaban J connectivity index is 1.68. The lowest BCUT2D eigenvalue weighted by Gasteiger charge is -2.12. The van der Waals surface area contributed by atoms with Crippen LogP contribution in [0, 0.1) is 0 Å². The predicted octanol–water partition coefficient (Wildman–Crippen LogP) is 6.63. The van der Waals surface area contributed by atoms with Crippen LogP contribution in [0.2, 0.25) is 5.02 Å². The molecule has 1 amide bonds. The van der Waals surface area contributed by atoms with Crippen molar-refractivity contribution in [3.8, 4) is 17.2 Å². The fraction of sp³-hybridized carbons (Fsp3) is 0.231. The van der Waals surface area contributed by atoms with Gasteiger partial charge in [0.05, 0.1) is 19.4 Å². The lowest BCUT2D eigenvalue weighted by molar-refractivity contribution is 0.0954. The minimum absolute atomic E-state index is 0.363. The van der Waals surface area contributed by atoms with Crippen LogP contribution >= 0.6 is 27.5 Å². The van der Waals surface area contributed by atoms with Gasteiger partial charge in [-0.25, -0.2) is 5.43 Å².